The number of nitrogens with one attached hydrogen (secondary N) is 1. The van der Waals surface area contributed by atoms with Gasteiger partial charge in [0.25, 0.3) is 15.9 Å². The Kier molecular flexibility index (Phi) is 5.26. The van der Waals surface area contributed by atoms with E-state index in [1.165, 1.54) is 6.07 Å². The summed E-state index contributed by atoms with van der Waals surface area (Å²) in [6.45, 7) is 1.86. The smallest absolute Gasteiger partial charge is 0.266 e. The first-order valence-corrected chi connectivity index (χ1v) is 9.30. The van der Waals surface area contributed by atoms with Gasteiger partial charge >= 0.3 is 0 Å². The highest BCUT2D eigenvalue weighted by Gasteiger charge is 2.21. The van der Waals surface area contributed by atoms with E-state index in [2.05, 4.69) is 36.8 Å². The van der Waals surface area contributed by atoms with E-state index in [9.17, 15) is 13.2 Å². The molecule has 0 saturated heterocycles. The zero-order valence-electron chi connectivity index (χ0n) is 11.1. The Balaban J connectivity index is 2.31. The first-order chi connectivity index (χ1) is 10.2. The third-order valence-corrected chi connectivity index (χ3v) is 5.77. The number of amides is 1. The maximum Gasteiger partial charge on any atom is 0.266 e. The summed E-state index contributed by atoms with van der Waals surface area (Å²) in [4.78, 5) is 15.7. The fourth-order valence-electron chi connectivity index (χ4n) is 1.59. The molecule has 0 atom stereocenters. The molecule has 0 aliphatic carbocycles. The molecule has 0 spiro atoms. The van der Waals surface area contributed by atoms with Crippen LogP contribution < -0.4 is 4.72 Å². The van der Waals surface area contributed by atoms with Crippen molar-refractivity contribution >= 4 is 59.4 Å². The van der Waals surface area contributed by atoms with Crippen LogP contribution in [0.5, 0.6) is 0 Å². The summed E-state index contributed by atoms with van der Waals surface area (Å²) in [6.07, 6.45) is 1.08. The lowest BCUT2D eigenvalue weighted by Gasteiger charge is -2.09. The van der Waals surface area contributed by atoms with Crippen LogP contribution in [0.15, 0.2) is 44.3 Å². The monoisotopic (exact) mass is 466 g/mol. The van der Waals surface area contributed by atoms with Crippen LogP contribution in [0.4, 0.5) is 0 Å². The van der Waals surface area contributed by atoms with Crippen molar-refractivity contribution in [3.63, 3.8) is 0 Å². The van der Waals surface area contributed by atoms with E-state index >= 15 is 0 Å². The van der Waals surface area contributed by atoms with Crippen molar-refractivity contribution in [1.82, 2.24) is 9.71 Å². The summed E-state index contributed by atoms with van der Waals surface area (Å²) in [6, 6.07) is 6.25. The summed E-state index contributed by atoms with van der Waals surface area (Å²) in [5, 5.41) is 0.131. The highest BCUT2D eigenvalue weighted by Crippen LogP contribution is 2.23. The standard InChI is InChI=1S/C13H9Br2ClN2O3S/c1-7-2-3-9(10(14)4-7)13(19)18-22(20,21)8-5-11(15)12(16)17-6-8/h2-6H,1H3,(H,18,19). The van der Waals surface area contributed by atoms with Gasteiger partial charge in [0, 0.05) is 10.7 Å². The Labute approximate surface area is 149 Å². The summed E-state index contributed by atoms with van der Waals surface area (Å²) < 4.78 is 27.2. The Morgan fingerprint density at radius 1 is 1.23 bits per heavy atom. The fraction of sp³-hybridized carbons (Fsp3) is 0.0769. The molecule has 1 N–H and O–H groups in total. The average Bonchev–Trinajstić information content (AvgIpc) is 2.40. The van der Waals surface area contributed by atoms with Crippen LogP contribution in [0.1, 0.15) is 15.9 Å². The molecule has 116 valence electrons. The molecule has 0 saturated carbocycles. The number of hydrogen-bond acceptors (Lipinski definition) is 4. The van der Waals surface area contributed by atoms with Crippen molar-refractivity contribution < 1.29 is 13.2 Å². The van der Waals surface area contributed by atoms with Gasteiger partial charge in [-0.3, -0.25) is 4.79 Å². The van der Waals surface area contributed by atoms with Crippen molar-refractivity contribution in [2.24, 2.45) is 0 Å². The summed E-state index contributed by atoms with van der Waals surface area (Å²) in [5.41, 5.74) is 1.16. The second-order valence-electron chi connectivity index (χ2n) is 4.36. The van der Waals surface area contributed by atoms with Gasteiger partial charge in [-0.15, -0.1) is 0 Å². The molecule has 1 aromatic carbocycles. The van der Waals surface area contributed by atoms with Gasteiger partial charge in [-0.05, 0) is 62.5 Å². The Morgan fingerprint density at radius 2 is 1.91 bits per heavy atom. The molecule has 1 amide bonds. The van der Waals surface area contributed by atoms with E-state index in [-0.39, 0.29) is 15.6 Å². The molecule has 2 aromatic rings. The molecule has 0 aliphatic rings. The van der Waals surface area contributed by atoms with Crippen molar-refractivity contribution in [3.05, 3.63) is 55.7 Å². The van der Waals surface area contributed by atoms with Crippen LogP contribution >= 0.6 is 43.5 Å². The molecule has 0 aliphatic heterocycles. The average molecular weight is 469 g/mol. The lowest BCUT2D eigenvalue weighted by atomic mass is 10.1. The molecular formula is C13H9Br2ClN2O3S. The fourth-order valence-corrected chi connectivity index (χ4v) is 3.80. The van der Waals surface area contributed by atoms with Crippen LogP contribution in [-0.2, 0) is 10.0 Å². The number of aryl methyl sites for hydroxylation is 1. The van der Waals surface area contributed by atoms with E-state index in [4.69, 9.17) is 11.6 Å². The van der Waals surface area contributed by atoms with Crippen LogP contribution in [0.3, 0.4) is 0 Å². The van der Waals surface area contributed by atoms with Gasteiger partial charge in [-0.2, -0.15) is 0 Å². The number of halogens is 3. The number of sulfonamides is 1. The number of carbonyl (C=O) groups is 1. The van der Waals surface area contributed by atoms with Crippen molar-refractivity contribution in [2.75, 3.05) is 0 Å². The van der Waals surface area contributed by atoms with Gasteiger partial charge in [0.05, 0.1) is 10.0 Å². The highest BCUT2D eigenvalue weighted by molar-refractivity contribution is 9.10. The first kappa shape index (κ1) is 17.4. The van der Waals surface area contributed by atoms with Crippen LogP contribution in [0.2, 0.25) is 5.15 Å². The topological polar surface area (TPSA) is 76.1 Å². The normalized spacial score (nSPS) is 11.3. The summed E-state index contributed by atoms with van der Waals surface area (Å²) in [7, 11) is -4.05. The SMILES string of the molecule is Cc1ccc(C(=O)NS(=O)(=O)c2cnc(Cl)c(Br)c2)c(Br)c1. The Hall–Kier alpha value is -0.960. The van der Waals surface area contributed by atoms with Gasteiger partial charge in [-0.1, -0.05) is 17.7 Å². The van der Waals surface area contributed by atoms with Crippen molar-refractivity contribution in [1.29, 1.82) is 0 Å². The predicted molar refractivity (Wildman–Crippen MR) is 90.5 cm³/mol. The van der Waals surface area contributed by atoms with Crippen LogP contribution in [0.25, 0.3) is 0 Å². The quantitative estimate of drug-likeness (QED) is 0.698. The molecule has 0 fully saturated rings. The van der Waals surface area contributed by atoms with E-state index in [1.807, 2.05) is 11.6 Å². The number of nitrogens with zero attached hydrogens (tertiary/aromatic N) is 1. The second kappa shape index (κ2) is 6.66. The molecule has 5 nitrogen and oxygen atoms in total. The number of benzene rings is 1. The number of hydrogen-bond donors (Lipinski definition) is 1. The number of pyridine rings is 1. The van der Waals surface area contributed by atoms with Gasteiger partial charge in [0.15, 0.2) is 0 Å². The summed E-state index contributed by atoms with van der Waals surface area (Å²) >= 11 is 12.1. The Bertz CT molecular complexity index is 856. The molecule has 22 heavy (non-hydrogen) atoms. The first-order valence-electron chi connectivity index (χ1n) is 5.85. The van der Waals surface area contributed by atoms with E-state index in [1.54, 1.807) is 18.2 Å². The number of carbonyl (C=O) groups excluding carboxylic acids is 1. The highest BCUT2D eigenvalue weighted by atomic mass is 79.9. The molecule has 0 bridgehead atoms. The second-order valence-corrected chi connectivity index (χ2v) is 8.11. The van der Waals surface area contributed by atoms with Crippen LogP contribution in [0, 0.1) is 6.92 Å². The number of rotatable bonds is 3. The van der Waals surface area contributed by atoms with Gasteiger partial charge in [-0.25, -0.2) is 18.1 Å². The maximum absolute atomic E-state index is 12.2. The number of aromatic nitrogens is 1. The maximum atomic E-state index is 12.2. The van der Waals surface area contributed by atoms with E-state index in [0.717, 1.165) is 11.8 Å². The Morgan fingerprint density at radius 3 is 2.50 bits per heavy atom. The lowest BCUT2D eigenvalue weighted by molar-refractivity contribution is 0.0980. The third kappa shape index (κ3) is 3.87. The van der Waals surface area contributed by atoms with Gasteiger partial charge in [0.1, 0.15) is 10.0 Å². The van der Waals surface area contributed by atoms with E-state index < -0.39 is 15.9 Å². The molecule has 9 heteroatoms. The minimum absolute atomic E-state index is 0.131. The zero-order chi connectivity index (χ0) is 16.5. The molecule has 1 heterocycles. The molecule has 0 radical (unpaired) electrons. The lowest BCUT2D eigenvalue weighted by Crippen LogP contribution is -2.31. The van der Waals surface area contributed by atoms with Crippen molar-refractivity contribution in [2.45, 2.75) is 11.8 Å². The largest absolute Gasteiger partial charge is 0.268 e. The molecular weight excluding hydrogens is 459 g/mol. The van der Waals surface area contributed by atoms with Gasteiger partial charge in [0.2, 0.25) is 0 Å². The molecule has 1 aromatic heterocycles. The minimum Gasteiger partial charge on any atom is -0.268 e. The van der Waals surface area contributed by atoms with E-state index in [0.29, 0.717) is 8.95 Å². The summed E-state index contributed by atoms with van der Waals surface area (Å²) in [5.74, 6) is -0.738. The third-order valence-electron chi connectivity index (χ3n) is 2.68. The minimum atomic E-state index is -4.05. The van der Waals surface area contributed by atoms with Crippen molar-refractivity contribution in [3.8, 4) is 0 Å². The molecule has 0 unspecified atom stereocenters. The van der Waals surface area contributed by atoms with Gasteiger partial charge < -0.3 is 0 Å². The molecule has 2 rings (SSSR count). The van der Waals surface area contributed by atoms with Crippen LogP contribution in [-0.4, -0.2) is 19.3 Å². The predicted octanol–water partition coefficient (Wildman–Crippen LogP) is 3.69. The zero-order valence-corrected chi connectivity index (χ0v) is 15.8.